The number of thiophene rings is 8. The van der Waals surface area contributed by atoms with Gasteiger partial charge < -0.3 is 9.13 Å². The van der Waals surface area contributed by atoms with Gasteiger partial charge in [0.1, 0.15) is 46.5 Å². The largest absolute Gasteiger partial charge is 0.337 e. The molecule has 0 amide bonds. The number of aromatic nitrogens is 4. The molecular weight excluding hydrogens is 1250 g/mol. The number of ketones is 2. The number of carbonyl (C=O) groups excluding carboxylic acids is 2. The molecule has 0 unspecified atom stereocenters. The Labute approximate surface area is 503 Å². The third kappa shape index (κ3) is 7.33. The Hall–Kier alpha value is -5.82. The highest BCUT2D eigenvalue weighted by Crippen LogP contribution is 2.59. The zero-order chi connectivity index (χ0) is 54.8. The standard InChI is InChI=1S/C56H26Cl4N8O2S9/c1-19(2)13-67-43-37(51-45(67)55-53(77-51)39(59)49(75-55)33-7-29(57)31(73-33)5-23-35(21(9-61)10-62)25-15-71-17-27(25)47(23)69)41-42(66-79-65-41)38-44(43)68(14-20(3)4)46-52(38)78-54-40(60)50(76-56(46)54)34-8-30(58)32(74-34)6-24-36(22(11-63)12-64)26-16-72-18-28(26)48(24)70/h5-8,15-20H,13-14H2,1-4H3/b23-5-,24-6-. The molecule has 0 radical (unpaired) electrons. The lowest BCUT2D eigenvalue weighted by Gasteiger charge is -2.15. The van der Waals surface area contributed by atoms with Gasteiger partial charge in [-0.25, -0.2) is 0 Å². The summed E-state index contributed by atoms with van der Waals surface area (Å²) in [5.74, 6) is -0.0119. The molecule has 0 spiro atoms. The summed E-state index contributed by atoms with van der Waals surface area (Å²) in [6.45, 7) is 10.3. The van der Waals surface area contributed by atoms with E-state index in [0.29, 0.717) is 76.3 Å². The van der Waals surface area contributed by atoms with Crippen LogP contribution in [0.15, 0.2) is 55.9 Å². The molecule has 79 heavy (non-hydrogen) atoms. The number of halogens is 4. The number of nitrogens with zero attached hydrogens (tertiary/aromatic N) is 8. The molecule has 384 valence electrons. The Bertz CT molecular complexity index is 4790. The van der Waals surface area contributed by atoms with Gasteiger partial charge >= 0.3 is 0 Å². The lowest BCUT2D eigenvalue weighted by Crippen LogP contribution is -2.07. The molecule has 12 aromatic rings. The van der Waals surface area contributed by atoms with Crippen molar-refractivity contribution in [1.29, 1.82) is 21.0 Å². The molecule has 11 heterocycles. The summed E-state index contributed by atoms with van der Waals surface area (Å²) >= 11 is 42.2. The zero-order valence-electron chi connectivity index (χ0n) is 40.8. The minimum absolute atomic E-state index is 0.129. The van der Waals surface area contributed by atoms with Crippen LogP contribution in [0.5, 0.6) is 0 Å². The smallest absolute Gasteiger partial charge is 0.195 e. The molecular formula is C56H26Cl4N8O2S9. The first kappa shape index (κ1) is 51.3. The van der Waals surface area contributed by atoms with Crippen molar-refractivity contribution in [3.05, 3.63) is 108 Å². The van der Waals surface area contributed by atoms with Gasteiger partial charge in [-0.3, -0.25) is 9.59 Å². The van der Waals surface area contributed by atoms with Crippen LogP contribution in [0.25, 0.3) is 115 Å². The highest BCUT2D eigenvalue weighted by molar-refractivity contribution is 7.37. The predicted molar refractivity (Wildman–Crippen MR) is 336 cm³/mol. The molecule has 0 saturated heterocycles. The zero-order valence-corrected chi connectivity index (χ0v) is 51.1. The van der Waals surface area contributed by atoms with Crippen LogP contribution in [0.1, 0.15) is 69.3 Å². The van der Waals surface area contributed by atoms with Crippen molar-refractivity contribution in [2.75, 3.05) is 0 Å². The fraction of sp³-hybridized carbons (Fsp3) is 0.143. The summed E-state index contributed by atoms with van der Waals surface area (Å²) in [5.41, 5.74) is 9.00. The van der Waals surface area contributed by atoms with Crippen LogP contribution in [-0.2, 0) is 13.1 Å². The highest BCUT2D eigenvalue weighted by atomic mass is 35.5. The molecule has 2 aliphatic rings. The van der Waals surface area contributed by atoms with E-state index in [1.54, 1.807) is 79.0 Å². The fourth-order valence-corrected chi connectivity index (χ4v) is 22.5. The molecule has 0 fully saturated rings. The van der Waals surface area contributed by atoms with Gasteiger partial charge in [-0.2, -0.15) is 52.5 Å². The molecule has 10 nitrogen and oxygen atoms in total. The Balaban J connectivity index is 0.953. The Morgan fingerprint density at radius 1 is 0.544 bits per heavy atom. The van der Waals surface area contributed by atoms with Crippen molar-refractivity contribution in [3.8, 4) is 43.8 Å². The molecule has 1 aromatic carbocycles. The molecule has 0 atom stereocenters. The molecule has 0 aliphatic heterocycles. The number of benzene rings is 1. The number of hydrogen-bond acceptors (Lipinski definition) is 17. The second-order valence-corrected chi connectivity index (χ2v) is 29.4. The van der Waals surface area contributed by atoms with E-state index in [1.165, 1.54) is 57.1 Å². The first-order valence-electron chi connectivity index (χ1n) is 23.9. The summed E-state index contributed by atoms with van der Waals surface area (Å²) in [5, 5.41) is 50.8. The number of hydrogen-bond donors (Lipinski definition) is 0. The van der Waals surface area contributed by atoms with E-state index >= 15 is 0 Å². The Morgan fingerprint density at radius 2 is 0.937 bits per heavy atom. The monoisotopic (exact) mass is 1270 g/mol. The van der Waals surface area contributed by atoms with E-state index in [4.69, 9.17) is 55.2 Å². The predicted octanol–water partition coefficient (Wildman–Crippen LogP) is 20.1. The van der Waals surface area contributed by atoms with E-state index in [1.807, 2.05) is 36.4 Å². The number of Topliss-reactive ketones (excluding diaryl/α,β-unsaturated/α-hetero) is 2. The average Bonchev–Trinajstić information content (AvgIpc) is 3.78. The van der Waals surface area contributed by atoms with Gasteiger partial charge in [0.2, 0.25) is 0 Å². The average molecular weight is 1270 g/mol. The van der Waals surface area contributed by atoms with Crippen LogP contribution >= 0.6 is 149 Å². The van der Waals surface area contributed by atoms with Crippen LogP contribution in [0.3, 0.4) is 0 Å². The van der Waals surface area contributed by atoms with Gasteiger partial charge in [-0.15, -0.1) is 68.0 Å². The van der Waals surface area contributed by atoms with Crippen molar-refractivity contribution in [2.24, 2.45) is 11.8 Å². The fourth-order valence-electron chi connectivity index (χ4n) is 10.9. The number of nitriles is 4. The van der Waals surface area contributed by atoms with Crippen molar-refractivity contribution >= 4 is 256 Å². The van der Waals surface area contributed by atoms with Crippen LogP contribution < -0.4 is 0 Å². The minimum atomic E-state index is -0.255. The third-order valence-electron chi connectivity index (χ3n) is 13.9. The lowest BCUT2D eigenvalue weighted by molar-refractivity contribution is 0.103. The topological polar surface area (TPSA) is 165 Å². The molecule has 0 N–H and O–H groups in total. The summed E-state index contributed by atoms with van der Waals surface area (Å²) in [6, 6.07) is 11.7. The summed E-state index contributed by atoms with van der Waals surface area (Å²) in [6.07, 6.45) is 3.38. The molecule has 23 heteroatoms. The van der Waals surface area contributed by atoms with E-state index in [0.717, 1.165) is 91.6 Å². The highest BCUT2D eigenvalue weighted by Gasteiger charge is 2.37. The first-order valence-corrected chi connectivity index (χ1v) is 32.9. The van der Waals surface area contributed by atoms with Gasteiger partial charge in [0.25, 0.3) is 0 Å². The van der Waals surface area contributed by atoms with Crippen LogP contribution in [0.2, 0.25) is 20.1 Å². The van der Waals surface area contributed by atoms with Crippen LogP contribution in [-0.4, -0.2) is 29.4 Å². The van der Waals surface area contributed by atoms with Gasteiger partial charge in [0.05, 0.1) is 91.8 Å². The van der Waals surface area contributed by atoms with Crippen LogP contribution in [0, 0.1) is 57.2 Å². The maximum atomic E-state index is 13.7. The van der Waals surface area contributed by atoms with Crippen molar-refractivity contribution in [2.45, 2.75) is 40.8 Å². The first-order chi connectivity index (χ1) is 38.1. The number of fused-ring (bicyclic) bond motifs is 16. The molecule has 11 aromatic heterocycles. The molecule has 2 aliphatic carbocycles. The normalized spacial score (nSPS) is 14.7. The summed E-state index contributed by atoms with van der Waals surface area (Å²) in [4.78, 5) is 32.0. The maximum Gasteiger partial charge on any atom is 0.195 e. The second kappa shape index (κ2) is 18.9. The Morgan fingerprint density at radius 3 is 1.32 bits per heavy atom. The summed E-state index contributed by atoms with van der Waals surface area (Å²) < 4.78 is 21.2. The molecule has 0 bridgehead atoms. The van der Waals surface area contributed by atoms with Gasteiger partial charge in [0, 0.05) is 98.7 Å². The summed E-state index contributed by atoms with van der Waals surface area (Å²) in [7, 11) is 0. The lowest BCUT2D eigenvalue weighted by atomic mass is 10.0. The quantitative estimate of drug-likeness (QED) is 0.107. The van der Waals surface area contributed by atoms with E-state index in [9.17, 15) is 30.6 Å². The van der Waals surface area contributed by atoms with E-state index in [2.05, 4.69) is 36.8 Å². The maximum absolute atomic E-state index is 13.7. The van der Waals surface area contributed by atoms with Gasteiger partial charge in [-0.1, -0.05) is 74.1 Å². The third-order valence-corrected chi connectivity index (χ3v) is 25.6. The van der Waals surface area contributed by atoms with Crippen molar-refractivity contribution in [1.82, 2.24) is 17.9 Å². The molecule has 14 rings (SSSR count). The number of carbonyl (C=O) groups is 2. The van der Waals surface area contributed by atoms with Gasteiger partial charge in [0.15, 0.2) is 11.6 Å². The Kier molecular flexibility index (Phi) is 12.3. The van der Waals surface area contributed by atoms with Crippen molar-refractivity contribution in [3.63, 3.8) is 0 Å². The minimum Gasteiger partial charge on any atom is -0.337 e. The van der Waals surface area contributed by atoms with Crippen LogP contribution in [0.4, 0.5) is 0 Å². The molecule has 0 saturated carbocycles. The number of rotatable bonds is 8. The number of allylic oxidation sites excluding steroid dienone is 6. The van der Waals surface area contributed by atoms with Gasteiger partial charge in [-0.05, 0) is 46.9 Å². The SMILES string of the molecule is CC(C)Cn1c2c3sc(-c4cc(Cl)c(/C=C5\C(=O)c6cscc6C5=C(C#N)C#N)s4)c(Cl)c3sc2c2c3nsnc3c3c4sc5c(Cl)c(-c6cc(Cl)c(/C=C7\C(=O)c8cscc8C7=C(C#N)C#N)s6)sc5c4n(CC(C)C)c3c21. The second-order valence-electron chi connectivity index (χ2n) is 19.5. The van der Waals surface area contributed by atoms with E-state index < -0.39 is 0 Å². The van der Waals surface area contributed by atoms with Crippen molar-refractivity contribution < 1.29 is 9.59 Å². The van der Waals surface area contributed by atoms with E-state index in [-0.39, 0.29) is 45.7 Å².